The summed E-state index contributed by atoms with van der Waals surface area (Å²) >= 11 is 0. The van der Waals surface area contributed by atoms with E-state index in [2.05, 4.69) is 0 Å². The fourth-order valence-corrected chi connectivity index (χ4v) is 3.02. The number of hydrogen-bond acceptors (Lipinski definition) is 4. The normalized spacial score (nSPS) is 19.8. The third-order valence-corrected chi connectivity index (χ3v) is 4.41. The molecule has 1 aromatic rings. The molecule has 1 amide bonds. The SMILES string of the molecule is COc1cc(CN(C)C(=O)C[C@@H]2CCC[C@H]2N)cc(OC)c1.Cl. The molecule has 1 aliphatic carbocycles. The second-order valence-electron chi connectivity index (χ2n) is 6.03. The molecule has 1 aliphatic rings. The van der Waals surface area contributed by atoms with Crippen molar-refractivity contribution in [3.8, 4) is 11.5 Å². The first-order valence-corrected chi connectivity index (χ1v) is 7.75. The number of methoxy groups -OCH3 is 2. The van der Waals surface area contributed by atoms with Crippen LogP contribution in [0.25, 0.3) is 0 Å². The predicted molar refractivity (Wildman–Crippen MR) is 93.2 cm³/mol. The van der Waals surface area contributed by atoms with Gasteiger partial charge in [-0.3, -0.25) is 4.79 Å². The second kappa shape index (κ2) is 8.99. The third-order valence-electron chi connectivity index (χ3n) is 4.41. The molecule has 0 saturated heterocycles. The molecular formula is C17H27ClN2O3. The van der Waals surface area contributed by atoms with Gasteiger partial charge in [-0.1, -0.05) is 6.42 Å². The molecule has 23 heavy (non-hydrogen) atoms. The van der Waals surface area contributed by atoms with Gasteiger partial charge in [0.15, 0.2) is 0 Å². The Morgan fingerprint density at radius 3 is 2.30 bits per heavy atom. The predicted octanol–water partition coefficient (Wildman–Crippen LogP) is 2.60. The Morgan fingerprint density at radius 1 is 1.22 bits per heavy atom. The van der Waals surface area contributed by atoms with Crippen LogP contribution in [0.15, 0.2) is 18.2 Å². The number of nitrogens with two attached hydrogens (primary N) is 1. The Labute approximate surface area is 144 Å². The van der Waals surface area contributed by atoms with Crippen LogP contribution >= 0.6 is 12.4 Å². The van der Waals surface area contributed by atoms with Crippen molar-refractivity contribution in [3.63, 3.8) is 0 Å². The van der Waals surface area contributed by atoms with Gasteiger partial charge in [-0.25, -0.2) is 0 Å². The molecule has 2 rings (SSSR count). The maximum atomic E-state index is 12.4. The molecule has 1 aromatic carbocycles. The first-order chi connectivity index (χ1) is 10.5. The lowest BCUT2D eigenvalue weighted by atomic mass is 9.99. The average Bonchev–Trinajstić information content (AvgIpc) is 2.91. The molecular weight excluding hydrogens is 316 g/mol. The van der Waals surface area contributed by atoms with Gasteiger partial charge in [0.05, 0.1) is 14.2 Å². The van der Waals surface area contributed by atoms with Gasteiger partial charge < -0.3 is 20.1 Å². The lowest BCUT2D eigenvalue weighted by Crippen LogP contribution is -2.32. The van der Waals surface area contributed by atoms with E-state index in [9.17, 15) is 4.79 Å². The second-order valence-corrected chi connectivity index (χ2v) is 6.03. The van der Waals surface area contributed by atoms with Crippen molar-refractivity contribution in [1.82, 2.24) is 4.90 Å². The molecule has 2 N–H and O–H groups in total. The summed E-state index contributed by atoms with van der Waals surface area (Å²) in [5, 5.41) is 0. The number of hydrogen-bond donors (Lipinski definition) is 1. The largest absolute Gasteiger partial charge is 0.497 e. The summed E-state index contributed by atoms with van der Waals surface area (Å²) in [6.45, 7) is 0.536. The van der Waals surface area contributed by atoms with E-state index in [-0.39, 0.29) is 24.4 Å². The van der Waals surface area contributed by atoms with Crippen molar-refractivity contribution >= 4 is 18.3 Å². The maximum Gasteiger partial charge on any atom is 0.222 e. The number of rotatable bonds is 6. The van der Waals surface area contributed by atoms with E-state index in [0.717, 1.165) is 36.3 Å². The number of nitrogens with zero attached hydrogens (tertiary/aromatic N) is 1. The van der Waals surface area contributed by atoms with Crippen LogP contribution in [0.5, 0.6) is 11.5 Å². The Balaban J connectivity index is 0.00000264. The minimum absolute atomic E-state index is 0. The lowest BCUT2D eigenvalue weighted by Gasteiger charge is -2.21. The lowest BCUT2D eigenvalue weighted by molar-refractivity contribution is -0.131. The zero-order valence-corrected chi connectivity index (χ0v) is 14.9. The van der Waals surface area contributed by atoms with Gasteiger partial charge in [-0.2, -0.15) is 0 Å². The molecule has 2 atom stereocenters. The molecule has 130 valence electrons. The number of amides is 1. The topological polar surface area (TPSA) is 64.8 Å². The van der Waals surface area contributed by atoms with Crippen molar-refractivity contribution < 1.29 is 14.3 Å². The number of halogens is 1. The third kappa shape index (κ3) is 5.29. The smallest absolute Gasteiger partial charge is 0.222 e. The van der Waals surface area contributed by atoms with Crippen LogP contribution in [0.3, 0.4) is 0 Å². The zero-order chi connectivity index (χ0) is 16.1. The molecule has 0 bridgehead atoms. The Hall–Kier alpha value is -1.46. The molecule has 0 radical (unpaired) electrons. The molecule has 0 heterocycles. The van der Waals surface area contributed by atoms with Crippen molar-refractivity contribution in [1.29, 1.82) is 0 Å². The summed E-state index contributed by atoms with van der Waals surface area (Å²) in [5.74, 6) is 1.93. The molecule has 0 unspecified atom stereocenters. The highest BCUT2D eigenvalue weighted by atomic mass is 35.5. The van der Waals surface area contributed by atoms with E-state index >= 15 is 0 Å². The van der Waals surface area contributed by atoms with E-state index in [4.69, 9.17) is 15.2 Å². The summed E-state index contributed by atoms with van der Waals surface area (Å²) < 4.78 is 10.5. The van der Waals surface area contributed by atoms with Crippen molar-refractivity contribution in [3.05, 3.63) is 23.8 Å². The standard InChI is InChI=1S/C17H26N2O3.ClH/c1-19(17(20)9-13-5-4-6-16(13)18)11-12-7-14(21-2)10-15(8-12)22-3;/h7-8,10,13,16H,4-6,9,11,18H2,1-3H3;1H/t13-,16+;/m0./s1. The summed E-state index contributed by atoms with van der Waals surface area (Å²) in [4.78, 5) is 14.1. The molecule has 6 heteroatoms. The van der Waals surface area contributed by atoms with Crippen LogP contribution in [0, 0.1) is 5.92 Å². The van der Waals surface area contributed by atoms with Crippen LogP contribution in [-0.4, -0.2) is 38.1 Å². The van der Waals surface area contributed by atoms with E-state index < -0.39 is 0 Å². The summed E-state index contributed by atoms with van der Waals surface area (Å²) in [7, 11) is 5.07. The fraction of sp³-hybridized carbons (Fsp3) is 0.588. The number of carbonyl (C=O) groups excluding carboxylic acids is 1. The van der Waals surface area contributed by atoms with Gasteiger partial charge >= 0.3 is 0 Å². The first-order valence-electron chi connectivity index (χ1n) is 7.75. The van der Waals surface area contributed by atoms with E-state index in [0.29, 0.717) is 18.9 Å². The molecule has 0 aliphatic heterocycles. The van der Waals surface area contributed by atoms with Crippen LogP contribution in [-0.2, 0) is 11.3 Å². The Morgan fingerprint density at radius 2 is 1.83 bits per heavy atom. The van der Waals surface area contributed by atoms with E-state index in [1.54, 1.807) is 19.1 Å². The molecule has 1 fully saturated rings. The number of benzene rings is 1. The van der Waals surface area contributed by atoms with Crippen molar-refractivity contribution in [2.45, 2.75) is 38.3 Å². The summed E-state index contributed by atoms with van der Waals surface area (Å²) in [5.41, 5.74) is 7.04. The minimum Gasteiger partial charge on any atom is -0.497 e. The molecule has 1 saturated carbocycles. The number of carbonyl (C=O) groups is 1. The quantitative estimate of drug-likeness (QED) is 0.863. The maximum absolute atomic E-state index is 12.4. The van der Waals surface area contributed by atoms with Gasteiger partial charge in [-0.05, 0) is 36.5 Å². The molecule has 0 spiro atoms. The highest BCUT2D eigenvalue weighted by Gasteiger charge is 2.27. The van der Waals surface area contributed by atoms with Gasteiger partial charge in [0.25, 0.3) is 0 Å². The Bertz CT molecular complexity index is 502. The minimum atomic E-state index is 0. The first kappa shape index (κ1) is 19.6. The summed E-state index contributed by atoms with van der Waals surface area (Å²) in [6, 6.07) is 5.85. The van der Waals surface area contributed by atoms with Crippen LogP contribution in [0.2, 0.25) is 0 Å². The van der Waals surface area contributed by atoms with Crippen molar-refractivity contribution in [2.24, 2.45) is 11.7 Å². The van der Waals surface area contributed by atoms with Gasteiger partial charge in [-0.15, -0.1) is 12.4 Å². The highest BCUT2D eigenvalue weighted by molar-refractivity contribution is 5.85. The number of ether oxygens (including phenoxy) is 2. The van der Waals surface area contributed by atoms with E-state index in [1.165, 1.54) is 0 Å². The van der Waals surface area contributed by atoms with Crippen LogP contribution in [0.4, 0.5) is 0 Å². The van der Waals surface area contributed by atoms with Gasteiger partial charge in [0.1, 0.15) is 11.5 Å². The van der Waals surface area contributed by atoms with Crippen LogP contribution in [0.1, 0.15) is 31.2 Å². The zero-order valence-electron chi connectivity index (χ0n) is 14.1. The van der Waals surface area contributed by atoms with Gasteiger partial charge in [0, 0.05) is 32.1 Å². The fourth-order valence-electron chi connectivity index (χ4n) is 3.02. The molecule has 0 aromatic heterocycles. The van der Waals surface area contributed by atoms with Crippen molar-refractivity contribution in [2.75, 3.05) is 21.3 Å². The average molecular weight is 343 g/mol. The van der Waals surface area contributed by atoms with Gasteiger partial charge in [0.2, 0.25) is 5.91 Å². The monoisotopic (exact) mass is 342 g/mol. The van der Waals surface area contributed by atoms with Crippen LogP contribution < -0.4 is 15.2 Å². The highest BCUT2D eigenvalue weighted by Crippen LogP contribution is 2.28. The van der Waals surface area contributed by atoms with E-state index in [1.807, 2.05) is 25.2 Å². The summed E-state index contributed by atoms with van der Waals surface area (Å²) in [6.07, 6.45) is 3.77. The molecule has 5 nitrogen and oxygen atoms in total. The Kier molecular flexibility index (Phi) is 7.65.